The van der Waals surface area contributed by atoms with Gasteiger partial charge in [0.15, 0.2) is 0 Å². The third-order valence-electron chi connectivity index (χ3n) is 4.52. The van der Waals surface area contributed by atoms with E-state index in [1.165, 1.54) is 5.56 Å². The lowest BCUT2D eigenvalue weighted by molar-refractivity contribution is 0.0298. The van der Waals surface area contributed by atoms with Gasteiger partial charge in [0, 0.05) is 44.2 Å². The Morgan fingerprint density at radius 1 is 1.19 bits per heavy atom. The van der Waals surface area contributed by atoms with Crippen LogP contribution in [0.3, 0.4) is 0 Å². The van der Waals surface area contributed by atoms with Gasteiger partial charge >= 0.3 is 0 Å². The predicted octanol–water partition coefficient (Wildman–Crippen LogP) is 1.97. The SMILES string of the molecule is Cc1cc(O)cc(C)c1[C@@H](N1CCNCC1)C(C)(C)CO. The molecule has 1 aromatic carbocycles. The average molecular weight is 292 g/mol. The van der Waals surface area contributed by atoms with E-state index in [1.807, 2.05) is 26.0 Å². The van der Waals surface area contributed by atoms with Crippen LogP contribution in [0.5, 0.6) is 5.75 Å². The zero-order valence-corrected chi connectivity index (χ0v) is 13.6. The summed E-state index contributed by atoms with van der Waals surface area (Å²) in [5.74, 6) is 0.314. The molecule has 3 N–H and O–H groups in total. The Hall–Kier alpha value is -1.10. The molecule has 0 unspecified atom stereocenters. The van der Waals surface area contributed by atoms with E-state index in [1.54, 1.807) is 0 Å². The molecule has 2 rings (SSSR count). The average Bonchev–Trinajstić information content (AvgIpc) is 2.43. The molecule has 0 radical (unpaired) electrons. The minimum atomic E-state index is -0.232. The highest BCUT2D eigenvalue weighted by molar-refractivity contribution is 5.43. The monoisotopic (exact) mass is 292 g/mol. The van der Waals surface area contributed by atoms with E-state index >= 15 is 0 Å². The molecule has 1 aliphatic rings. The Morgan fingerprint density at radius 2 is 1.71 bits per heavy atom. The summed E-state index contributed by atoms with van der Waals surface area (Å²) in [6, 6.07) is 3.81. The number of benzene rings is 1. The summed E-state index contributed by atoms with van der Waals surface area (Å²) in [7, 11) is 0. The number of phenolic OH excluding ortho intramolecular Hbond substituents is 1. The summed E-state index contributed by atoms with van der Waals surface area (Å²) in [6.45, 7) is 12.4. The molecule has 1 fully saturated rings. The van der Waals surface area contributed by atoms with Crippen molar-refractivity contribution in [3.8, 4) is 5.75 Å². The van der Waals surface area contributed by atoms with E-state index in [0.717, 1.165) is 37.3 Å². The first kappa shape index (κ1) is 16.3. The van der Waals surface area contributed by atoms with Crippen LogP contribution in [0.4, 0.5) is 0 Å². The number of rotatable bonds is 4. The fourth-order valence-electron chi connectivity index (χ4n) is 3.48. The van der Waals surface area contributed by atoms with Crippen molar-refractivity contribution < 1.29 is 10.2 Å². The van der Waals surface area contributed by atoms with Gasteiger partial charge in [-0.25, -0.2) is 0 Å². The number of aromatic hydroxyl groups is 1. The van der Waals surface area contributed by atoms with Crippen LogP contribution < -0.4 is 5.32 Å². The fourth-order valence-corrected chi connectivity index (χ4v) is 3.48. The maximum Gasteiger partial charge on any atom is 0.116 e. The molecule has 0 spiro atoms. The number of aryl methyl sites for hydroxylation is 2. The van der Waals surface area contributed by atoms with Crippen LogP contribution in [0.15, 0.2) is 12.1 Å². The molecule has 1 atom stereocenters. The molecule has 0 aliphatic carbocycles. The quantitative estimate of drug-likeness (QED) is 0.794. The molecular weight excluding hydrogens is 264 g/mol. The van der Waals surface area contributed by atoms with Crippen molar-refractivity contribution in [1.82, 2.24) is 10.2 Å². The molecular formula is C17H28N2O2. The molecule has 1 saturated heterocycles. The van der Waals surface area contributed by atoms with E-state index in [4.69, 9.17) is 0 Å². The van der Waals surface area contributed by atoms with Gasteiger partial charge in [-0.1, -0.05) is 13.8 Å². The van der Waals surface area contributed by atoms with E-state index in [9.17, 15) is 10.2 Å². The van der Waals surface area contributed by atoms with E-state index in [0.29, 0.717) is 5.75 Å². The highest BCUT2D eigenvalue weighted by atomic mass is 16.3. The Bertz CT molecular complexity index is 471. The minimum Gasteiger partial charge on any atom is -0.508 e. The Kier molecular flexibility index (Phi) is 4.91. The molecule has 1 heterocycles. The molecule has 0 bridgehead atoms. The standard InChI is InChI=1S/C17H28N2O2/c1-12-9-14(21)10-13(2)15(12)16(17(3,4)11-20)19-7-5-18-6-8-19/h9-10,16,18,20-21H,5-8,11H2,1-4H3/t16-/m1/s1. The summed E-state index contributed by atoms with van der Waals surface area (Å²) in [6.07, 6.45) is 0. The lowest BCUT2D eigenvalue weighted by Crippen LogP contribution is -2.50. The highest BCUT2D eigenvalue weighted by Gasteiger charge is 2.37. The molecule has 118 valence electrons. The molecule has 4 nitrogen and oxygen atoms in total. The zero-order valence-electron chi connectivity index (χ0n) is 13.6. The fraction of sp³-hybridized carbons (Fsp3) is 0.647. The lowest BCUT2D eigenvalue weighted by atomic mass is 9.77. The molecule has 21 heavy (non-hydrogen) atoms. The number of hydrogen-bond donors (Lipinski definition) is 3. The van der Waals surface area contributed by atoms with Gasteiger partial charge in [-0.05, 0) is 42.7 Å². The first-order chi connectivity index (χ1) is 9.86. The number of nitrogens with zero attached hydrogens (tertiary/aromatic N) is 1. The van der Waals surface area contributed by atoms with Crippen molar-refractivity contribution in [1.29, 1.82) is 0 Å². The van der Waals surface area contributed by atoms with Crippen LogP contribution >= 0.6 is 0 Å². The maximum absolute atomic E-state index is 9.90. The van der Waals surface area contributed by atoms with Crippen molar-refractivity contribution in [3.63, 3.8) is 0 Å². The predicted molar refractivity (Wildman–Crippen MR) is 85.6 cm³/mol. The summed E-state index contributed by atoms with van der Waals surface area (Å²) < 4.78 is 0. The van der Waals surface area contributed by atoms with Crippen molar-refractivity contribution in [3.05, 3.63) is 28.8 Å². The first-order valence-corrected chi connectivity index (χ1v) is 7.72. The topological polar surface area (TPSA) is 55.7 Å². The normalized spacial score (nSPS) is 18.7. The molecule has 0 aromatic heterocycles. The van der Waals surface area contributed by atoms with Crippen LogP contribution in [0.25, 0.3) is 0 Å². The summed E-state index contributed by atoms with van der Waals surface area (Å²) >= 11 is 0. The Morgan fingerprint density at radius 3 is 2.19 bits per heavy atom. The van der Waals surface area contributed by atoms with Gasteiger partial charge in [-0.3, -0.25) is 4.90 Å². The minimum absolute atomic E-state index is 0.140. The molecule has 0 saturated carbocycles. The number of phenols is 1. The second-order valence-corrected chi connectivity index (χ2v) is 6.83. The van der Waals surface area contributed by atoms with Crippen LogP contribution in [0, 0.1) is 19.3 Å². The Labute approximate surface area is 127 Å². The van der Waals surface area contributed by atoms with Crippen LogP contribution in [0.2, 0.25) is 0 Å². The summed E-state index contributed by atoms with van der Waals surface area (Å²) in [4.78, 5) is 2.46. The van der Waals surface area contributed by atoms with Crippen molar-refractivity contribution >= 4 is 0 Å². The summed E-state index contributed by atoms with van der Waals surface area (Å²) in [5, 5.41) is 23.1. The number of nitrogens with one attached hydrogen (secondary N) is 1. The smallest absolute Gasteiger partial charge is 0.116 e. The van der Waals surface area contributed by atoms with Gasteiger partial charge in [0.25, 0.3) is 0 Å². The van der Waals surface area contributed by atoms with Crippen LogP contribution in [-0.2, 0) is 0 Å². The van der Waals surface area contributed by atoms with Crippen molar-refractivity contribution in [2.75, 3.05) is 32.8 Å². The second-order valence-electron chi connectivity index (χ2n) is 6.83. The Balaban J connectivity index is 2.49. The van der Waals surface area contributed by atoms with Gasteiger partial charge < -0.3 is 15.5 Å². The van der Waals surface area contributed by atoms with Gasteiger partial charge in [0.05, 0.1) is 0 Å². The largest absolute Gasteiger partial charge is 0.508 e. The van der Waals surface area contributed by atoms with Crippen LogP contribution in [-0.4, -0.2) is 47.9 Å². The number of aliphatic hydroxyl groups is 1. The maximum atomic E-state index is 9.90. The van der Waals surface area contributed by atoms with Crippen molar-refractivity contribution in [2.24, 2.45) is 5.41 Å². The lowest BCUT2D eigenvalue weighted by Gasteiger charge is -2.44. The van der Waals surface area contributed by atoms with Crippen LogP contribution in [0.1, 0.15) is 36.6 Å². The van der Waals surface area contributed by atoms with Gasteiger partial charge in [-0.15, -0.1) is 0 Å². The highest BCUT2D eigenvalue weighted by Crippen LogP contribution is 2.41. The molecule has 1 aliphatic heterocycles. The number of aliphatic hydroxyl groups excluding tert-OH is 1. The van der Waals surface area contributed by atoms with Gasteiger partial charge in [0.2, 0.25) is 0 Å². The van der Waals surface area contributed by atoms with Gasteiger partial charge in [-0.2, -0.15) is 0 Å². The van der Waals surface area contributed by atoms with Gasteiger partial charge in [0.1, 0.15) is 5.75 Å². The van der Waals surface area contributed by atoms with E-state index in [-0.39, 0.29) is 18.1 Å². The summed E-state index contributed by atoms with van der Waals surface area (Å²) in [5.41, 5.74) is 3.20. The first-order valence-electron chi connectivity index (χ1n) is 7.72. The van der Waals surface area contributed by atoms with Crippen molar-refractivity contribution in [2.45, 2.75) is 33.7 Å². The molecule has 0 amide bonds. The third-order valence-corrected chi connectivity index (χ3v) is 4.52. The third kappa shape index (κ3) is 3.39. The van der Waals surface area contributed by atoms with E-state index < -0.39 is 0 Å². The number of hydrogen-bond acceptors (Lipinski definition) is 4. The number of piperazine rings is 1. The molecule has 1 aromatic rings. The van der Waals surface area contributed by atoms with E-state index in [2.05, 4.69) is 24.1 Å². The second kappa shape index (κ2) is 6.34. The molecule has 4 heteroatoms. The zero-order chi connectivity index (χ0) is 15.6.